The van der Waals surface area contributed by atoms with Crippen LogP contribution in [-0.2, 0) is 13.1 Å². The summed E-state index contributed by atoms with van der Waals surface area (Å²) in [7, 11) is 1.65. The van der Waals surface area contributed by atoms with Crippen LogP contribution in [0.1, 0.15) is 48.5 Å². The maximum absolute atomic E-state index is 14.0. The smallest absolute Gasteiger partial charge is 0.257 e. The van der Waals surface area contributed by atoms with Crippen molar-refractivity contribution in [3.63, 3.8) is 0 Å². The van der Waals surface area contributed by atoms with E-state index in [-0.39, 0.29) is 23.0 Å². The van der Waals surface area contributed by atoms with E-state index in [4.69, 9.17) is 16.0 Å². The zero-order valence-electron chi connectivity index (χ0n) is 17.9. The summed E-state index contributed by atoms with van der Waals surface area (Å²) in [5.41, 5.74) is 1.88. The fraction of sp³-hybridized carbons (Fsp3) is 0.409. The second-order valence-corrected chi connectivity index (χ2v) is 8.11. The molecule has 1 aromatic carbocycles. The Balaban J connectivity index is 1.72. The summed E-state index contributed by atoms with van der Waals surface area (Å²) in [5, 5.41) is -0.192. The molecule has 0 aliphatic carbocycles. The largest absolute Gasteiger partial charge is 0.438 e. The van der Waals surface area contributed by atoms with Crippen LogP contribution < -0.4 is 0 Å². The summed E-state index contributed by atoms with van der Waals surface area (Å²) in [6, 6.07) is 2.79. The number of fused-ring (bicyclic) bond motifs is 3. The van der Waals surface area contributed by atoms with E-state index >= 15 is 0 Å². The van der Waals surface area contributed by atoms with Gasteiger partial charge in [-0.2, -0.15) is 0 Å². The van der Waals surface area contributed by atoms with Crippen LogP contribution in [0, 0.1) is 5.82 Å². The summed E-state index contributed by atoms with van der Waals surface area (Å²) in [5.74, 6) is 0.181. The molecule has 164 valence electrons. The standard InChI is InChI=1S/C22H25ClFN5O2/c1-4-8-28(9-5-2)11-14-10-25-21(31-14)20-17-12-27(3)22(30)18-16(29(17)13-26-20)7-6-15(24)19(18)23/h6-7,10,13H,4-5,8-9,11-12H2,1-3H3. The van der Waals surface area contributed by atoms with Crippen LogP contribution in [0.25, 0.3) is 17.3 Å². The van der Waals surface area contributed by atoms with Crippen molar-refractivity contribution in [2.75, 3.05) is 20.1 Å². The van der Waals surface area contributed by atoms with E-state index < -0.39 is 5.82 Å². The van der Waals surface area contributed by atoms with Crippen molar-refractivity contribution in [3.05, 3.63) is 52.5 Å². The number of rotatable bonds is 7. The summed E-state index contributed by atoms with van der Waals surface area (Å²) in [6.45, 7) is 7.23. The fourth-order valence-corrected chi connectivity index (χ4v) is 4.20. The zero-order chi connectivity index (χ0) is 22.1. The normalized spacial score (nSPS) is 13.5. The van der Waals surface area contributed by atoms with Gasteiger partial charge in [-0.3, -0.25) is 14.3 Å². The Morgan fingerprint density at radius 1 is 1.23 bits per heavy atom. The molecule has 0 N–H and O–H groups in total. The van der Waals surface area contributed by atoms with Gasteiger partial charge in [-0.05, 0) is 38.1 Å². The molecule has 7 nitrogen and oxygen atoms in total. The average Bonchev–Trinajstić information content (AvgIpc) is 3.34. The lowest BCUT2D eigenvalue weighted by atomic mass is 10.1. The second kappa shape index (κ2) is 8.80. The number of benzene rings is 1. The number of nitrogens with zero attached hydrogens (tertiary/aromatic N) is 5. The second-order valence-electron chi connectivity index (χ2n) is 7.73. The first-order chi connectivity index (χ1) is 14.9. The average molecular weight is 446 g/mol. The van der Waals surface area contributed by atoms with Crippen LogP contribution in [0.2, 0.25) is 5.02 Å². The molecule has 0 radical (unpaired) electrons. The summed E-state index contributed by atoms with van der Waals surface area (Å²) in [6.07, 6.45) is 5.45. The van der Waals surface area contributed by atoms with E-state index in [2.05, 4.69) is 28.7 Å². The molecule has 0 unspecified atom stereocenters. The van der Waals surface area contributed by atoms with Crippen LogP contribution in [0.15, 0.2) is 29.1 Å². The lowest BCUT2D eigenvalue weighted by Gasteiger charge is -2.18. The van der Waals surface area contributed by atoms with Gasteiger partial charge in [-0.1, -0.05) is 25.4 Å². The zero-order valence-corrected chi connectivity index (χ0v) is 18.6. The number of halogens is 2. The quantitative estimate of drug-likeness (QED) is 0.534. The number of amides is 1. The van der Waals surface area contributed by atoms with Crippen molar-refractivity contribution in [3.8, 4) is 17.3 Å². The van der Waals surface area contributed by atoms with Gasteiger partial charge in [0.1, 0.15) is 23.6 Å². The number of carbonyl (C=O) groups is 1. The molecule has 9 heteroatoms. The predicted octanol–water partition coefficient (Wildman–Crippen LogP) is 4.53. The highest BCUT2D eigenvalue weighted by Gasteiger charge is 2.31. The van der Waals surface area contributed by atoms with E-state index in [1.54, 1.807) is 24.1 Å². The molecule has 31 heavy (non-hydrogen) atoms. The molecule has 0 spiro atoms. The minimum absolute atomic E-state index is 0.120. The highest BCUT2D eigenvalue weighted by molar-refractivity contribution is 6.34. The van der Waals surface area contributed by atoms with Crippen LogP contribution in [0.5, 0.6) is 0 Å². The molecule has 0 saturated carbocycles. The molecular weight excluding hydrogens is 421 g/mol. The van der Waals surface area contributed by atoms with E-state index in [1.807, 2.05) is 0 Å². The number of carbonyl (C=O) groups excluding carboxylic acids is 1. The molecule has 1 aliphatic heterocycles. The van der Waals surface area contributed by atoms with Gasteiger partial charge in [0.05, 0.1) is 41.3 Å². The van der Waals surface area contributed by atoms with Gasteiger partial charge in [0.25, 0.3) is 5.91 Å². The Hall–Kier alpha value is -2.71. The maximum atomic E-state index is 14.0. The predicted molar refractivity (Wildman–Crippen MR) is 116 cm³/mol. The van der Waals surface area contributed by atoms with Crippen molar-refractivity contribution in [1.29, 1.82) is 0 Å². The number of hydrogen-bond donors (Lipinski definition) is 0. The van der Waals surface area contributed by atoms with Crippen LogP contribution in [-0.4, -0.2) is 50.4 Å². The van der Waals surface area contributed by atoms with Gasteiger partial charge in [-0.15, -0.1) is 0 Å². The summed E-state index contributed by atoms with van der Waals surface area (Å²) >= 11 is 6.15. The van der Waals surface area contributed by atoms with Crippen molar-refractivity contribution in [2.24, 2.45) is 0 Å². The monoisotopic (exact) mass is 445 g/mol. The van der Waals surface area contributed by atoms with E-state index in [0.717, 1.165) is 37.4 Å². The van der Waals surface area contributed by atoms with E-state index in [1.165, 1.54) is 17.0 Å². The Morgan fingerprint density at radius 3 is 2.68 bits per heavy atom. The molecule has 1 aliphatic rings. The van der Waals surface area contributed by atoms with E-state index in [0.29, 0.717) is 23.8 Å². The van der Waals surface area contributed by atoms with Crippen molar-refractivity contribution in [1.82, 2.24) is 24.3 Å². The number of aromatic nitrogens is 3. The van der Waals surface area contributed by atoms with Crippen LogP contribution >= 0.6 is 11.6 Å². The Morgan fingerprint density at radius 2 is 1.97 bits per heavy atom. The fourth-order valence-electron chi connectivity index (χ4n) is 3.96. The third-order valence-electron chi connectivity index (χ3n) is 5.36. The first-order valence-corrected chi connectivity index (χ1v) is 10.8. The van der Waals surface area contributed by atoms with E-state index in [9.17, 15) is 9.18 Å². The maximum Gasteiger partial charge on any atom is 0.257 e. The minimum Gasteiger partial charge on any atom is -0.438 e. The topological polar surface area (TPSA) is 67.4 Å². The van der Waals surface area contributed by atoms with Crippen molar-refractivity contribution in [2.45, 2.75) is 39.8 Å². The van der Waals surface area contributed by atoms with Gasteiger partial charge in [0.15, 0.2) is 0 Å². The van der Waals surface area contributed by atoms with Crippen LogP contribution in [0.4, 0.5) is 4.39 Å². The first-order valence-electron chi connectivity index (χ1n) is 10.4. The highest BCUT2D eigenvalue weighted by atomic mass is 35.5. The van der Waals surface area contributed by atoms with Gasteiger partial charge >= 0.3 is 0 Å². The first kappa shape index (κ1) is 21.5. The molecule has 3 aromatic rings. The number of hydrogen-bond acceptors (Lipinski definition) is 5. The van der Waals surface area contributed by atoms with Gasteiger partial charge < -0.3 is 9.32 Å². The van der Waals surface area contributed by atoms with Gasteiger partial charge in [-0.25, -0.2) is 14.4 Å². The molecular formula is C22H25ClFN5O2. The molecule has 3 heterocycles. The lowest BCUT2D eigenvalue weighted by molar-refractivity contribution is 0.0788. The van der Waals surface area contributed by atoms with Gasteiger partial charge in [0.2, 0.25) is 5.89 Å². The Labute approximate surface area is 185 Å². The Bertz CT molecular complexity index is 1100. The number of imidazole rings is 1. The molecule has 0 saturated heterocycles. The Kier molecular flexibility index (Phi) is 6.11. The lowest BCUT2D eigenvalue weighted by Crippen LogP contribution is -2.25. The summed E-state index contributed by atoms with van der Waals surface area (Å²) in [4.78, 5) is 25.6. The summed E-state index contributed by atoms with van der Waals surface area (Å²) < 4.78 is 21.8. The third kappa shape index (κ3) is 3.97. The van der Waals surface area contributed by atoms with Crippen molar-refractivity contribution >= 4 is 17.5 Å². The SMILES string of the molecule is CCCN(CCC)Cc1cnc(-c2ncn3c2CN(C)C(=O)c2c-3ccc(F)c2Cl)o1. The highest BCUT2D eigenvalue weighted by Crippen LogP contribution is 2.34. The number of oxazole rings is 1. The molecule has 4 rings (SSSR count). The van der Waals surface area contributed by atoms with Gasteiger partial charge in [0, 0.05) is 7.05 Å². The van der Waals surface area contributed by atoms with Crippen molar-refractivity contribution < 1.29 is 13.6 Å². The molecule has 2 aromatic heterocycles. The molecule has 0 atom stereocenters. The minimum atomic E-state index is -0.632. The molecule has 0 fully saturated rings. The van der Waals surface area contributed by atoms with Crippen LogP contribution in [0.3, 0.4) is 0 Å². The molecule has 0 bridgehead atoms. The third-order valence-corrected chi connectivity index (χ3v) is 5.73. The molecule has 1 amide bonds.